The number of nitrogens with one attached hydrogen (secondary N) is 1. The zero-order chi connectivity index (χ0) is 14.1. The first kappa shape index (κ1) is 13.1. The molecule has 1 N–H and O–H groups in total. The van der Waals surface area contributed by atoms with E-state index in [4.69, 9.17) is 0 Å². The van der Waals surface area contributed by atoms with Crippen LogP contribution in [0.4, 0.5) is 0 Å². The molecule has 1 unspecified atom stereocenters. The lowest BCUT2D eigenvalue weighted by Gasteiger charge is -2.40. The van der Waals surface area contributed by atoms with Gasteiger partial charge in [0.1, 0.15) is 0 Å². The molecule has 2 aliphatic rings. The second-order valence-electron chi connectivity index (χ2n) is 6.65. The highest BCUT2D eigenvalue weighted by molar-refractivity contribution is 5.30. The van der Waals surface area contributed by atoms with Gasteiger partial charge < -0.3 is 5.32 Å². The minimum Gasteiger partial charge on any atom is -0.311 e. The fourth-order valence-corrected chi connectivity index (χ4v) is 3.92. The summed E-state index contributed by atoms with van der Waals surface area (Å²) in [7, 11) is 0. The highest BCUT2D eigenvalue weighted by Gasteiger charge is 2.32. The largest absolute Gasteiger partial charge is 0.311 e. The molecule has 108 valence electrons. The topological polar surface area (TPSA) is 12.0 Å². The van der Waals surface area contributed by atoms with Gasteiger partial charge in [-0.05, 0) is 54.7 Å². The molecule has 0 heterocycles. The van der Waals surface area contributed by atoms with Gasteiger partial charge in [0.25, 0.3) is 0 Å². The Bertz CT molecular complexity index is 598. The molecule has 1 atom stereocenters. The minimum absolute atomic E-state index is 0.682. The first-order chi connectivity index (χ1) is 10.4. The number of hydrogen-bond acceptors (Lipinski definition) is 1. The van der Waals surface area contributed by atoms with Crippen molar-refractivity contribution in [3.8, 4) is 0 Å². The first-order valence-corrected chi connectivity index (χ1v) is 8.26. The third-order valence-electron chi connectivity index (χ3n) is 5.23. The smallest absolute Gasteiger partial charge is 0.0113 e. The SMILES string of the molecule is c1ccc(C2CC(NC3CCc4ccccc4C3)C2)cc1. The van der Waals surface area contributed by atoms with E-state index >= 15 is 0 Å². The van der Waals surface area contributed by atoms with Gasteiger partial charge in [-0.3, -0.25) is 0 Å². The van der Waals surface area contributed by atoms with Crippen LogP contribution in [-0.2, 0) is 12.8 Å². The molecule has 4 rings (SSSR count). The normalized spacial score (nSPS) is 27.7. The number of fused-ring (bicyclic) bond motifs is 1. The van der Waals surface area contributed by atoms with E-state index < -0.39 is 0 Å². The first-order valence-electron chi connectivity index (χ1n) is 8.26. The summed E-state index contributed by atoms with van der Waals surface area (Å²) < 4.78 is 0. The van der Waals surface area contributed by atoms with E-state index in [0.717, 1.165) is 12.0 Å². The highest BCUT2D eigenvalue weighted by Crippen LogP contribution is 2.37. The number of hydrogen-bond donors (Lipinski definition) is 1. The molecule has 0 bridgehead atoms. The lowest BCUT2D eigenvalue weighted by molar-refractivity contribution is 0.255. The zero-order valence-electron chi connectivity index (χ0n) is 12.5. The lowest BCUT2D eigenvalue weighted by atomic mass is 9.75. The molecular weight excluding hydrogens is 254 g/mol. The third kappa shape index (κ3) is 2.75. The number of aryl methyl sites for hydroxylation is 1. The molecular formula is C20H23N. The van der Waals surface area contributed by atoms with Crippen molar-refractivity contribution >= 4 is 0 Å². The predicted molar refractivity (Wildman–Crippen MR) is 87.6 cm³/mol. The molecule has 0 amide bonds. The summed E-state index contributed by atoms with van der Waals surface area (Å²) in [5.74, 6) is 0.777. The zero-order valence-corrected chi connectivity index (χ0v) is 12.5. The number of rotatable bonds is 3. The van der Waals surface area contributed by atoms with Crippen LogP contribution in [0, 0.1) is 0 Å². The Morgan fingerprint density at radius 1 is 0.762 bits per heavy atom. The van der Waals surface area contributed by atoms with Crippen LogP contribution in [0.3, 0.4) is 0 Å². The van der Waals surface area contributed by atoms with E-state index in [1.807, 2.05) is 0 Å². The average molecular weight is 277 g/mol. The summed E-state index contributed by atoms with van der Waals surface area (Å²) in [5.41, 5.74) is 4.64. The van der Waals surface area contributed by atoms with Crippen molar-refractivity contribution < 1.29 is 0 Å². The summed E-state index contributed by atoms with van der Waals surface area (Å²) in [6.07, 6.45) is 6.36. The quantitative estimate of drug-likeness (QED) is 0.891. The van der Waals surface area contributed by atoms with Gasteiger partial charge in [0.05, 0.1) is 0 Å². The Kier molecular flexibility index (Phi) is 3.52. The summed E-state index contributed by atoms with van der Waals surface area (Å²) in [5, 5.41) is 3.90. The van der Waals surface area contributed by atoms with Gasteiger partial charge in [0.2, 0.25) is 0 Å². The van der Waals surface area contributed by atoms with E-state index in [1.165, 1.54) is 37.7 Å². The van der Waals surface area contributed by atoms with Crippen molar-refractivity contribution in [3.05, 3.63) is 71.3 Å². The van der Waals surface area contributed by atoms with Crippen LogP contribution < -0.4 is 5.32 Å². The summed E-state index contributed by atoms with van der Waals surface area (Å²) in [6.45, 7) is 0. The molecule has 0 radical (unpaired) electrons. The van der Waals surface area contributed by atoms with Gasteiger partial charge in [-0.25, -0.2) is 0 Å². The van der Waals surface area contributed by atoms with Gasteiger partial charge in [-0.2, -0.15) is 0 Å². The maximum atomic E-state index is 3.90. The van der Waals surface area contributed by atoms with E-state index in [9.17, 15) is 0 Å². The van der Waals surface area contributed by atoms with E-state index in [0.29, 0.717) is 6.04 Å². The molecule has 2 aromatic rings. The third-order valence-corrected chi connectivity index (χ3v) is 5.23. The average Bonchev–Trinajstić information content (AvgIpc) is 2.51. The molecule has 1 nitrogen and oxygen atoms in total. The molecule has 0 aliphatic heterocycles. The molecule has 1 saturated carbocycles. The van der Waals surface area contributed by atoms with Gasteiger partial charge in [-0.15, -0.1) is 0 Å². The molecule has 0 saturated heterocycles. The van der Waals surface area contributed by atoms with Gasteiger partial charge >= 0.3 is 0 Å². The van der Waals surface area contributed by atoms with Crippen molar-refractivity contribution in [1.82, 2.24) is 5.32 Å². The Hall–Kier alpha value is -1.60. The monoisotopic (exact) mass is 277 g/mol. The van der Waals surface area contributed by atoms with Crippen LogP contribution in [0.5, 0.6) is 0 Å². The Morgan fingerprint density at radius 2 is 1.48 bits per heavy atom. The maximum absolute atomic E-state index is 3.90. The van der Waals surface area contributed by atoms with E-state index in [1.54, 1.807) is 11.1 Å². The van der Waals surface area contributed by atoms with Gasteiger partial charge in [0.15, 0.2) is 0 Å². The van der Waals surface area contributed by atoms with Crippen molar-refractivity contribution in [2.75, 3.05) is 0 Å². The van der Waals surface area contributed by atoms with Crippen LogP contribution >= 0.6 is 0 Å². The van der Waals surface area contributed by atoms with Gasteiger partial charge in [0, 0.05) is 12.1 Å². The van der Waals surface area contributed by atoms with Crippen LogP contribution in [0.2, 0.25) is 0 Å². The van der Waals surface area contributed by atoms with Crippen molar-refractivity contribution in [2.45, 2.75) is 50.1 Å². The molecule has 0 aromatic heterocycles. The molecule has 1 heteroatoms. The van der Waals surface area contributed by atoms with Crippen molar-refractivity contribution in [1.29, 1.82) is 0 Å². The minimum atomic E-state index is 0.682. The van der Waals surface area contributed by atoms with E-state index in [-0.39, 0.29) is 0 Å². The van der Waals surface area contributed by atoms with Crippen molar-refractivity contribution in [2.24, 2.45) is 0 Å². The van der Waals surface area contributed by atoms with Crippen molar-refractivity contribution in [3.63, 3.8) is 0 Å². The maximum Gasteiger partial charge on any atom is 0.0113 e. The molecule has 1 fully saturated rings. The van der Waals surface area contributed by atoms with Crippen LogP contribution in [0.25, 0.3) is 0 Å². The number of benzene rings is 2. The second-order valence-corrected chi connectivity index (χ2v) is 6.65. The molecule has 2 aromatic carbocycles. The van der Waals surface area contributed by atoms with Crippen LogP contribution in [0.1, 0.15) is 41.9 Å². The lowest BCUT2D eigenvalue weighted by Crippen LogP contribution is -2.47. The molecule has 0 spiro atoms. The standard InChI is InChI=1S/C20H23N/c1-2-6-15(7-3-1)18-13-20(14-18)21-19-11-10-16-8-4-5-9-17(16)12-19/h1-9,18-21H,10-14H2. The Morgan fingerprint density at radius 3 is 2.29 bits per heavy atom. The molecule has 2 aliphatic carbocycles. The predicted octanol–water partition coefficient (Wildman–Crippen LogP) is 4.08. The highest BCUT2D eigenvalue weighted by atomic mass is 15.0. The summed E-state index contributed by atoms with van der Waals surface area (Å²) in [4.78, 5) is 0. The fraction of sp³-hybridized carbons (Fsp3) is 0.400. The molecule has 21 heavy (non-hydrogen) atoms. The van der Waals surface area contributed by atoms with Crippen LogP contribution in [-0.4, -0.2) is 12.1 Å². The Balaban J connectivity index is 1.31. The Labute approximate surface area is 127 Å². The fourth-order valence-electron chi connectivity index (χ4n) is 3.92. The van der Waals surface area contributed by atoms with Gasteiger partial charge in [-0.1, -0.05) is 54.6 Å². The van der Waals surface area contributed by atoms with Crippen LogP contribution in [0.15, 0.2) is 54.6 Å². The van der Waals surface area contributed by atoms with E-state index in [2.05, 4.69) is 59.9 Å². The second kappa shape index (κ2) is 5.65. The summed E-state index contributed by atoms with van der Waals surface area (Å²) in [6, 6.07) is 21.3. The summed E-state index contributed by atoms with van der Waals surface area (Å²) >= 11 is 0.